The molecule has 0 bridgehead atoms. The number of nitrogens with one attached hydrogen (secondary N) is 1. The lowest BCUT2D eigenvalue weighted by Crippen LogP contribution is -2.44. The van der Waals surface area contributed by atoms with E-state index < -0.39 is 0 Å². The van der Waals surface area contributed by atoms with Crippen LogP contribution in [0.5, 0.6) is 0 Å². The second-order valence-corrected chi connectivity index (χ2v) is 7.14. The van der Waals surface area contributed by atoms with Gasteiger partial charge in [0.25, 0.3) is 5.91 Å². The molecule has 19 heavy (non-hydrogen) atoms. The van der Waals surface area contributed by atoms with E-state index in [9.17, 15) is 4.79 Å². The molecule has 0 aliphatic carbocycles. The van der Waals surface area contributed by atoms with Gasteiger partial charge in [0.2, 0.25) is 0 Å². The van der Waals surface area contributed by atoms with Gasteiger partial charge >= 0.3 is 0 Å². The number of aromatic nitrogens is 2. The van der Waals surface area contributed by atoms with Crippen LogP contribution in [0.15, 0.2) is 0 Å². The van der Waals surface area contributed by atoms with Crippen LogP contribution < -0.4 is 5.32 Å². The van der Waals surface area contributed by atoms with E-state index in [1.54, 1.807) is 0 Å². The first kappa shape index (κ1) is 16.4. The molecular formula is C13H22ClN3OS. The van der Waals surface area contributed by atoms with Crippen LogP contribution in [-0.2, 0) is 0 Å². The van der Waals surface area contributed by atoms with E-state index in [0.29, 0.717) is 10.8 Å². The Morgan fingerprint density at radius 1 is 1.42 bits per heavy atom. The third-order valence-electron chi connectivity index (χ3n) is 3.01. The van der Waals surface area contributed by atoms with Gasteiger partial charge in [0.05, 0.1) is 5.69 Å². The first-order chi connectivity index (χ1) is 8.77. The average Bonchev–Trinajstić information content (AvgIpc) is 2.75. The third kappa shape index (κ3) is 4.42. The van der Waals surface area contributed by atoms with Crippen LogP contribution >= 0.6 is 23.1 Å². The van der Waals surface area contributed by atoms with Crippen LogP contribution in [0.1, 0.15) is 62.3 Å². The Labute approximate surface area is 124 Å². The van der Waals surface area contributed by atoms with Crippen LogP contribution in [0.2, 0.25) is 0 Å². The fourth-order valence-electron chi connectivity index (χ4n) is 1.79. The van der Waals surface area contributed by atoms with Gasteiger partial charge in [0.15, 0.2) is 0 Å². The molecular weight excluding hydrogens is 282 g/mol. The molecule has 1 atom stereocenters. The quantitative estimate of drug-likeness (QED) is 0.848. The summed E-state index contributed by atoms with van der Waals surface area (Å²) in [6.45, 7) is 10.3. The summed E-state index contributed by atoms with van der Waals surface area (Å²) in [5, 5.41) is 7.10. The molecule has 6 heteroatoms. The van der Waals surface area contributed by atoms with Crippen molar-refractivity contribution in [2.24, 2.45) is 5.41 Å². The Morgan fingerprint density at radius 3 is 2.53 bits per heavy atom. The summed E-state index contributed by atoms with van der Waals surface area (Å²) < 4.78 is 3.88. The van der Waals surface area contributed by atoms with Crippen LogP contribution in [-0.4, -0.2) is 27.4 Å². The molecule has 1 N–H and O–H groups in total. The highest BCUT2D eigenvalue weighted by Crippen LogP contribution is 2.24. The molecule has 0 saturated heterocycles. The van der Waals surface area contributed by atoms with Gasteiger partial charge in [-0.15, -0.1) is 16.7 Å². The number of carbonyl (C=O) groups excluding carboxylic acids is 1. The van der Waals surface area contributed by atoms with Crippen molar-refractivity contribution in [2.45, 2.75) is 53.0 Å². The highest BCUT2D eigenvalue weighted by atomic mass is 35.5. The van der Waals surface area contributed by atoms with Crippen LogP contribution in [0.4, 0.5) is 0 Å². The van der Waals surface area contributed by atoms with Crippen molar-refractivity contribution in [3.05, 3.63) is 10.6 Å². The molecule has 1 unspecified atom stereocenters. The predicted molar refractivity (Wildman–Crippen MR) is 80.0 cm³/mol. The van der Waals surface area contributed by atoms with Gasteiger partial charge in [-0.1, -0.05) is 39.1 Å². The molecule has 0 radical (unpaired) electrons. The Balaban J connectivity index is 2.85. The van der Waals surface area contributed by atoms with Gasteiger partial charge in [-0.3, -0.25) is 4.79 Å². The zero-order valence-electron chi connectivity index (χ0n) is 12.2. The molecule has 0 spiro atoms. The fraction of sp³-hybridized carbons (Fsp3) is 0.769. The van der Waals surface area contributed by atoms with Crippen molar-refractivity contribution in [1.29, 1.82) is 0 Å². The molecule has 4 nitrogen and oxygen atoms in total. The second kappa shape index (κ2) is 6.66. The Bertz CT molecular complexity index is 426. The smallest absolute Gasteiger partial charge is 0.265 e. The van der Waals surface area contributed by atoms with E-state index in [4.69, 9.17) is 11.6 Å². The first-order valence-electron chi connectivity index (χ1n) is 6.46. The molecule has 1 rings (SSSR count). The number of amides is 1. The number of carbonyl (C=O) groups is 1. The molecule has 1 amide bonds. The van der Waals surface area contributed by atoms with Gasteiger partial charge < -0.3 is 5.32 Å². The largest absolute Gasteiger partial charge is 0.348 e. The van der Waals surface area contributed by atoms with Gasteiger partial charge in [-0.2, -0.15) is 0 Å². The zero-order chi connectivity index (χ0) is 14.6. The van der Waals surface area contributed by atoms with Gasteiger partial charge in [-0.25, -0.2) is 0 Å². The fourth-order valence-corrected chi connectivity index (χ4v) is 2.73. The molecule has 1 aromatic heterocycles. The minimum absolute atomic E-state index is 0.0271. The number of nitrogens with zero attached hydrogens (tertiary/aromatic N) is 2. The normalized spacial score (nSPS) is 13.6. The number of hydrogen-bond donors (Lipinski definition) is 1. The summed E-state index contributed by atoms with van der Waals surface area (Å²) in [5.41, 5.74) is 0.738. The van der Waals surface area contributed by atoms with Crippen molar-refractivity contribution >= 4 is 29.0 Å². The van der Waals surface area contributed by atoms with Crippen molar-refractivity contribution in [3.63, 3.8) is 0 Å². The minimum atomic E-state index is -0.0938. The Hall–Kier alpha value is -0.680. The summed E-state index contributed by atoms with van der Waals surface area (Å²) in [7, 11) is 0. The lowest BCUT2D eigenvalue weighted by molar-refractivity contribution is 0.0903. The minimum Gasteiger partial charge on any atom is -0.348 e. The maximum atomic E-state index is 12.3. The van der Waals surface area contributed by atoms with E-state index in [2.05, 4.69) is 35.7 Å². The topological polar surface area (TPSA) is 54.9 Å². The Kier molecular flexibility index (Phi) is 5.74. The molecule has 0 fully saturated rings. The van der Waals surface area contributed by atoms with E-state index >= 15 is 0 Å². The van der Waals surface area contributed by atoms with E-state index in [-0.39, 0.29) is 23.3 Å². The van der Waals surface area contributed by atoms with E-state index in [1.165, 1.54) is 0 Å². The number of alkyl halides is 1. The molecule has 0 aliphatic rings. The van der Waals surface area contributed by atoms with E-state index in [0.717, 1.165) is 23.6 Å². The summed E-state index contributed by atoms with van der Waals surface area (Å²) in [4.78, 5) is 12.9. The predicted octanol–water partition coefficient (Wildman–Crippen LogP) is 3.43. The summed E-state index contributed by atoms with van der Waals surface area (Å²) in [6, 6.07) is 0.0413. The van der Waals surface area contributed by atoms with Crippen LogP contribution in [0, 0.1) is 5.41 Å². The summed E-state index contributed by atoms with van der Waals surface area (Å²) in [5.74, 6) is 0.629. The maximum absolute atomic E-state index is 12.3. The van der Waals surface area contributed by atoms with Crippen LogP contribution in [0.3, 0.4) is 0 Å². The standard InChI is InChI=1S/C13H22ClN3OS/c1-8(2)10-11(19-17-16-10)12(18)15-9(6-7-14)13(3,4)5/h8-9H,6-7H2,1-5H3,(H,15,18). The van der Waals surface area contributed by atoms with Gasteiger partial charge in [0.1, 0.15) is 4.88 Å². The number of rotatable bonds is 5. The second-order valence-electron chi connectivity index (χ2n) is 6.01. The molecule has 0 saturated carbocycles. The molecule has 0 aliphatic heterocycles. The summed E-state index contributed by atoms with van der Waals surface area (Å²) in [6.07, 6.45) is 0.750. The van der Waals surface area contributed by atoms with Gasteiger partial charge in [-0.05, 0) is 29.3 Å². The lowest BCUT2D eigenvalue weighted by Gasteiger charge is -2.31. The van der Waals surface area contributed by atoms with E-state index in [1.807, 2.05) is 13.8 Å². The lowest BCUT2D eigenvalue weighted by atomic mass is 9.85. The van der Waals surface area contributed by atoms with Crippen molar-refractivity contribution in [2.75, 3.05) is 5.88 Å². The number of hydrogen-bond acceptors (Lipinski definition) is 4. The number of halogens is 1. The first-order valence-corrected chi connectivity index (χ1v) is 7.77. The third-order valence-corrected chi connectivity index (χ3v) is 3.97. The average molecular weight is 304 g/mol. The molecule has 108 valence electrons. The van der Waals surface area contributed by atoms with Crippen molar-refractivity contribution in [3.8, 4) is 0 Å². The summed E-state index contributed by atoms with van der Waals surface area (Å²) >= 11 is 6.97. The highest BCUT2D eigenvalue weighted by Gasteiger charge is 2.28. The Morgan fingerprint density at radius 2 is 2.05 bits per heavy atom. The molecule has 1 heterocycles. The van der Waals surface area contributed by atoms with Crippen LogP contribution in [0.25, 0.3) is 0 Å². The molecule has 1 aromatic rings. The van der Waals surface area contributed by atoms with Crippen molar-refractivity contribution in [1.82, 2.24) is 14.9 Å². The monoisotopic (exact) mass is 303 g/mol. The maximum Gasteiger partial charge on any atom is 0.265 e. The molecule has 0 aromatic carbocycles. The SMILES string of the molecule is CC(C)c1nnsc1C(=O)NC(CCCl)C(C)(C)C. The van der Waals surface area contributed by atoms with Crippen molar-refractivity contribution < 1.29 is 4.79 Å². The van der Waals surface area contributed by atoms with Gasteiger partial charge in [0, 0.05) is 11.9 Å². The highest BCUT2D eigenvalue weighted by molar-refractivity contribution is 7.08. The zero-order valence-corrected chi connectivity index (χ0v) is 13.7.